The summed E-state index contributed by atoms with van der Waals surface area (Å²) in [4.78, 5) is 23.0. The molecule has 0 saturated heterocycles. The van der Waals surface area contributed by atoms with Crippen molar-refractivity contribution >= 4 is 26.1 Å². The summed E-state index contributed by atoms with van der Waals surface area (Å²) in [5.41, 5.74) is -0.130. The first kappa shape index (κ1) is 18.0. The summed E-state index contributed by atoms with van der Waals surface area (Å²) >= 11 is 0. The third kappa shape index (κ3) is 6.17. The van der Waals surface area contributed by atoms with Crippen molar-refractivity contribution in [3.63, 3.8) is 0 Å². The molecule has 7 heteroatoms. The van der Waals surface area contributed by atoms with Crippen LogP contribution in [-0.2, 0) is 4.74 Å². The number of rotatable bonds is 4. The van der Waals surface area contributed by atoms with E-state index in [1.54, 1.807) is 20.8 Å². The van der Waals surface area contributed by atoms with Crippen LogP contribution >= 0.6 is 0 Å². The predicted octanol–water partition coefficient (Wildman–Crippen LogP) is 3.95. The van der Waals surface area contributed by atoms with Gasteiger partial charge in [-0.25, -0.2) is 9.59 Å². The quantitative estimate of drug-likeness (QED) is 0.819. The van der Waals surface area contributed by atoms with Crippen molar-refractivity contribution in [2.45, 2.75) is 46.0 Å². The Morgan fingerprint density at radius 2 is 1.77 bits per heavy atom. The van der Waals surface area contributed by atoms with Crippen molar-refractivity contribution in [2.24, 2.45) is 0 Å². The third-order valence-corrected chi connectivity index (χ3v) is 3.11. The smallest absolute Gasteiger partial charge is 0.412 e. The van der Waals surface area contributed by atoms with E-state index in [0.717, 1.165) is 0 Å². The van der Waals surface area contributed by atoms with Gasteiger partial charge in [-0.15, -0.1) is 0 Å². The van der Waals surface area contributed by atoms with Crippen LogP contribution < -0.4 is 9.74 Å². The van der Waals surface area contributed by atoms with E-state index in [9.17, 15) is 9.59 Å². The lowest BCUT2D eigenvalue weighted by atomic mass is 10.2. The second-order valence-electron chi connectivity index (χ2n) is 6.86. The summed E-state index contributed by atoms with van der Waals surface area (Å²) in [7, 11) is -1.97. The molecular weight excluding hydrogens is 302 g/mol. The molecule has 6 nitrogen and oxygen atoms in total. The number of anilines is 1. The minimum Gasteiger partial charge on any atom is -0.543 e. The molecule has 1 aromatic rings. The minimum absolute atomic E-state index is 0.1000. The van der Waals surface area contributed by atoms with Crippen LogP contribution in [0.3, 0.4) is 0 Å². The molecule has 0 fully saturated rings. The lowest BCUT2D eigenvalue weighted by molar-refractivity contribution is 0.0634. The number of hydrogen-bond acceptors (Lipinski definition) is 4. The normalized spacial score (nSPS) is 11.7. The Morgan fingerprint density at radius 3 is 2.23 bits per heavy atom. The lowest BCUT2D eigenvalue weighted by Crippen LogP contribution is -2.31. The van der Waals surface area contributed by atoms with Crippen LogP contribution in [0.25, 0.3) is 0 Å². The number of aromatic carboxylic acids is 1. The Kier molecular flexibility index (Phi) is 5.24. The molecule has 0 aromatic heterocycles. The van der Waals surface area contributed by atoms with Crippen molar-refractivity contribution in [3.05, 3.63) is 23.8 Å². The average molecular weight is 325 g/mol. The van der Waals surface area contributed by atoms with E-state index in [1.165, 1.54) is 18.2 Å². The first-order valence-electron chi connectivity index (χ1n) is 6.94. The maximum absolute atomic E-state index is 11.9. The van der Waals surface area contributed by atoms with Crippen molar-refractivity contribution in [1.29, 1.82) is 0 Å². The van der Waals surface area contributed by atoms with E-state index < -0.39 is 26.0 Å². The number of hydrogen-bond donors (Lipinski definition) is 2. The van der Waals surface area contributed by atoms with Crippen molar-refractivity contribution in [3.8, 4) is 5.75 Å². The van der Waals surface area contributed by atoms with Crippen LogP contribution in [-0.4, -0.2) is 31.1 Å². The Balaban J connectivity index is 3.07. The van der Waals surface area contributed by atoms with Gasteiger partial charge in [0, 0.05) is 0 Å². The van der Waals surface area contributed by atoms with E-state index in [1.807, 2.05) is 19.6 Å². The average Bonchev–Trinajstić information content (AvgIpc) is 2.26. The predicted molar refractivity (Wildman–Crippen MR) is 87.2 cm³/mol. The Hall–Kier alpha value is -2.02. The number of carbonyl (C=O) groups is 2. The number of ether oxygens (including phenoxy) is 1. The summed E-state index contributed by atoms with van der Waals surface area (Å²) in [6.45, 7) is 11.2. The fraction of sp³-hybridized carbons (Fsp3) is 0.467. The number of nitrogens with one attached hydrogen (secondary N) is 1. The van der Waals surface area contributed by atoms with Crippen LogP contribution in [0.5, 0.6) is 5.75 Å². The number of amides is 1. The molecule has 0 aliphatic heterocycles. The molecule has 0 spiro atoms. The van der Waals surface area contributed by atoms with Gasteiger partial charge in [0.25, 0.3) is 0 Å². The molecule has 0 aliphatic carbocycles. The van der Waals surface area contributed by atoms with Gasteiger partial charge in [-0.3, -0.25) is 5.32 Å². The molecule has 0 bridgehead atoms. The second kappa shape index (κ2) is 6.39. The van der Waals surface area contributed by atoms with Crippen molar-refractivity contribution < 1.29 is 23.9 Å². The fourth-order valence-corrected chi connectivity index (χ4v) is 2.42. The van der Waals surface area contributed by atoms with Gasteiger partial charge in [0.05, 0.1) is 11.3 Å². The zero-order chi connectivity index (χ0) is 17.1. The highest BCUT2D eigenvalue weighted by atomic mass is 28.4. The van der Waals surface area contributed by atoms with Gasteiger partial charge in [-0.05, 0) is 58.6 Å². The molecule has 0 unspecified atom stereocenters. The van der Waals surface area contributed by atoms with E-state index in [4.69, 9.17) is 14.3 Å². The number of benzene rings is 1. The zero-order valence-corrected chi connectivity index (χ0v) is 14.8. The van der Waals surface area contributed by atoms with Crippen LogP contribution in [0.4, 0.5) is 10.5 Å². The van der Waals surface area contributed by atoms with Crippen LogP contribution in [0.2, 0.25) is 19.6 Å². The van der Waals surface area contributed by atoms with Gasteiger partial charge in [0.2, 0.25) is 8.32 Å². The molecule has 0 atom stereocenters. The molecule has 0 radical (unpaired) electrons. The molecule has 2 N–H and O–H groups in total. The van der Waals surface area contributed by atoms with Gasteiger partial charge in [-0.1, -0.05) is 0 Å². The number of carboxylic acid groups (broad SMARTS) is 1. The molecule has 22 heavy (non-hydrogen) atoms. The van der Waals surface area contributed by atoms with E-state index >= 15 is 0 Å². The first-order chi connectivity index (χ1) is 9.87. The summed E-state index contributed by atoms with van der Waals surface area (Å²) in [5, 5.41) is 11.7. The highest BCUT2D eigenvalue weighted by Crippen LogP contribution is 2.29. The number of carboxylic acids is 1. The Labute approximate surface area is 131 Å². The standard InChI is InChI=1S/C15H23NO5Si/c1-15(2,3)20-14(19)16-11-8-7-10(13(17)18)9-12(11)21-22(4,5)6/h7-9H,1-6H3,(H,16,19)(H,17,18). The summed E-state index contributed by atoms with van der Waals surface area (Å²) < 4.78 is 11.1. The molecule has 1 amide bonds. The van der Waals surface area contributed by atoms with Crippen LogP contribution in [0.15, 0.2) is 18.2 Å². The first-order valence-corrected chi connectivity index (χ1v) is 10.3. The highest BCUT2D eigenvalue weighted by Gasteiger charge is 2.22. The molecule has 0 saturated carbocycles. The maximum atomic E-state index is 11.9. The Bertz CT molecular complexity index is 572. The van der Waals surface area contributed by atoms with Crippen LogP contribution in [0, 0.1) is 0 Å². The molecule has 1 rings (SSSR count). The molecule has 0 heterocycles. The zero-order valence-electron chi connectivity index (χ0n) is 13.8. The lowest BCUT2D eigenvalue weighted by Gasteiger charge is -2.23. The molecular formula is C15H23NO5Si. The summed E-state index contributed by atoms with van der Waals surface area (Å²) in [5.74, 6) is -0.714. The summed E-state index contributed by atoms with van der Waals surface area (Å²) in [6, 6.07) is 4.32. The van der Waals surface area contributed by atoms with Crippen LogP contribution in [0.1, 0.15) is 31.1 Å². The van der Waals surface area contributed by atoms with E-state index in [2.05, 4.69) is 5.32 Å². The Morgan fingerprint density at radius 1 is 1.18 bits per heavy atom. The minimum atomic E-state index is -1.97. The van der Waals surface area contributed by atoms with Gasteiger partial charge < -0.3 is 14.3 Å². The SMILES string of the molecule is CC(C)(C)OC(=O)Nc1ccc(C(=O)O)cc1O[Si](C)(C)C. The second-order valence-corrected chi connectivity index (χ2v) is 11.3. The van der Waals surface area contributed by atoms with Gasteiger partial charge >= 0.3 is 12.1 Å². The van der Waals surface area contributed by atoms with Crippen molar-refractivity contribution in [2.75, 3.05) is 5.32 Å². The monoisotopic (exact) mass is 325 g/mol. The van der Waals surface area contributed by atoms with Crippen molar-refractivity contribution in [1.82, 2.24) is 0 Å². The maximum Gasteiger partial charge on any atom is 0.412 e. The van der Waals surface area contributed by atoms with Gasteiger partial charge in [0.15, 0.2) is 0 Å². The largest absolute Gasteiger partial charge is 0.543 e. The highest BCUT2D eigenvalue weighted by molar-refractivity contribution is 6.70. The van der Waals surface area contributed by atoms with Gasteiger partial charge in [-0.2, -0.15) is 0 Å². The van der Waals surface area contributed by atoms with E-state index in [0.29, 0.717) is 11.4 Å². The summed E-state index contributed by atoms with van der Waals surface area (Å²) in [6.07, 6.45) is -0.615. The topological polar surface area (TPSA) is 84.9 Å². The fourth-order valence-electron chi connectivity index (χ4n) is 1.59. The third-order valence-electron chi connectivity index (χ3n) is 2.28. The molecule has 0 aliphatic rings. The van der Waals surface area contributed by atoms with Gasteiger partial charge in [0.1, 0.15) is 11.4 Å². The molecule has 122 valence electrons. The van der Waals surface area contributed by atoms with E-state index in [-0.39, 0.29) is 5.56 Å². The molecule has 1 aromatic carbocycles. The number of carbonyl (C=O) groups excluding carboxylic acids is 1.